The Morgan fingerprint density at radius 2 is 2.19 bits per heavy atom. The lowest BCUT2D eigenvalue weighted by Crippen LogP contribution is -2.24. The summed E-state index contributed by atoms with van der Waals surface area (Å²) in [6.45, 7) is 2.77. The highest BCUT2D eigenvalue weighted by atomic mass is 35.5. The van der Waals surface area contributed by atoms with E-state index < -0.39 is 0 Å². The Morgan fingerprint density at radius 3 is 3.00 bits per heavy atom. The van der Waals surface area contributed by atoms with Crippen LogP contribution in [0.4, 0.5) is 0 Å². The molecule has 114 valence electrons. The summed E-state index contributed by atoms with van der Waals surface area (Å²) in [7, 11) is 1.92. The van der Waals surface area contributed by atoms with Crippen LogP contribution in [0.5, 0.6) is 0 Å². The molecule has 0 bridgehead atoms. The van der Waals surface area contributed by atoms with E-state index >= 15 is 0 Å². The van der Waals surface area contributed by atoms with Gasteiger partial charge in [0.05, 0.1) is 6.61 Å². The van der Waals surface area contributed by atoms with Crippen molar-refractivity contribution < 1.29 is 9.26 Å². The van der Waals surface area contributed by atoms with Gasteiger partial charge in [0.15, 0.2) is 11.9 Å². The molecule has 0 radical (unpaired) electrons. The molecule has 1 aromatic carbocycles. The molecule has 0 amide bonds. The zero-order valence-corrected chi connectivity index (χ0v) is 13.0. The van der Waals surface area contributed by atoms with E-state index in [1.54, 1.807) is 0 Å². The summed E-state index contributed by atoms with van der Waals surface area (Å²) in [4.78, 5) is 4.48. The first-order valence-corrected chi connectivity index (χ1v) is 6.97. The van der Waals surface area contributed by atoms with Crippen molar-refractivity contribution in [2.24, 2.45) is 0 Å². The highest BCUT2D eigenvalue weighted by Gasteiger charge is 2.27. The minimum absolute atomic E-state index is 0. The number of ether oxygens (including phenoxy) is 1. The molecular weight excluding hydrogens is 290 g/mol. The maximum atomic E-state index is 5.82. The third-order valence-electron chi connectivity index (χ3n) is 3.68. The molecule has 1 aliphatic heterocycles. The predicted octanol–water partition coefficient (Wildman–Crippen LogP) is 2.30. The van der Waals surface area contributed by atoms with Crippen LogP contribution in [0, 0.1) is 0 Å². The lowest BCUT2D eigenvalue weighted by atomic mass is 9.97. The van der Waals surface area contributed by atoms with Crippen molar-refractivity contribution >= 4 is 12.4 Å². The number of likely N-dealkylation sites (N-methyl/N-ethyl adjacent to an activating group) is 1. The van der Waals surface area contributed by atoms with Crippen LogP contribution >= 0.6 is 12.4 Å². The molecule has 2 aromatic rings. The van der Waals surface area contributed by atoms with Crippen molar-refractivity contribution in [1.29, 1.82) is 0 Å². The first-order chi connectivity index (χ1) is 9.78. The summed E-state index contributed by atoms with van der Waals surface area (Å²) in [6.07, 6.45) is 1.45. The van der Waals surface area contributed by atoms with Crippen molar-refractivity contribution in [3.8, 4) is 0 Å². The van der Waals surface area contributed by atoms with E-state index in [0.717, 1.165) is 18.4 Å². The summed E-state index contributed by atoms with van der Waals surface area (Å²) < 4.78 is 11.2. The fraction of sp³-hybridized carbons (Fsp3) is 0.467. The minimum Gasteiger partial charge on any atom is -0.363 e. The average Bonchev–Trinajstić information content (AvgIpc) is 2.94. The van der Waals surface area contributed by atoms with Crippen LogP contribution in [0.25, 0.3) is 0 Å². The molecule has 0 saturated carbocycles. The number of aromatic nitrogens is 2. The quantitative estimate of drug-likeness (QED) is 0.939. The van der Waals surface area contributed by atoms with Crippen LogP contribution < -0.4 is 5.32 Å². The highest BCUT2D eigenvalue weighted by molar-refractivity contribution is 5.85. The van der Waals surface area contributed by atoms with E-state index in [1.807, 2.05) is 13.1 Å². The normalized spacial score (nSPS) is 18.7. The molecule has 1 aromatic heterocycles. The van der Waals surface area contributed by atoms with Gasteiger partial charge in [-0.05, 0) is 31.5 Å². The number of halogens is 1. The predicted molar refractivity (Wildman–Crippen MR) is 81.7 cm³/mol. The molecule has 0 spiro atoms. The Morgan fingerprint density at radius 1 is 1.38 bits per heavy atom. The molecule has 2 heterocycles. The number of fused-ring (bicyclic) bond motifs is 1. The monoisotopic (exact) mass is 309 g/mol. The van der Waals surface area contributed by atoms with Gasteiger partial charge in [0, 0.05) is 12.5 Å². The summed E-state index contributed by atoms with van der Waals surface area (Å²) in [5, 5.41) is 7.21. The standard InChI is InChI=1S/C15H19N3O2.ClH/c1-10(16-2)9-13-17-15(20-18-13)14-12-6-4-3-5-11(12)7-8-19-14;/h3-6,10,14,16H,7-9H2,1-2H3;1H. The van der Waals surface area contributed by atoms with Crippen molar-refractivity contribution in [1.82, 2.24) is 15.5 Å². The Labute approximate surface area is 130 Å². The number of rotatable bonds is 4. The van der Waals surface area contributed by atoms with Crippen LogP contribution in [-0.4, -0.2) is 29.8 Å². The molecule has 2 atom stereocenters. The second-order valence-electron chi connectivity index (χ2n) is 5.14. The molecule has 6 heteroatoms. The molecule has 0 fully saturated rings. The van der Waals surface area contributed by atoms with Gasteiger partial charge in [-0.1, -0.05) is 29.4 Å². The summed E-state index contributed by atoms with van der Waals surface area (Å²) in [5.74, 6) is 1.27. The summed E-state index contributed by atoms with van der Waals surface area (Å²) >= 11 is 0. The van der Waals surface area contributed by atoms with Gasteiger partial charge in [0.25, 0.3) is 5.89 Å². The van der Waals surface area contributed by atoms with Gasteiger partial charge in [-0.2, -0.15) is 4.98 Å². The van der Waals surface area contributed by atoms with E-state index in [9.17, 15) is 0 Å². The average molecular weight is 310 g/mol. The summed E-state index contributed by atoms with van der Waals surface area (Å²) in [6, 6.07) is 8.58. The van der Waals surface area contributed by atoms with Gasteiger partial charge >= 0.3 is 0 Å². The van der Waals surface area contributed by atoms with Crippen LogP contribution in [0.15, 0.2) is 28.8 Å². The maximum absolute atomic E-state index is 5.82. The molecule has 21 heavy (non-hydrogen) atoms. The van der Waals surface area contributed by atoms with Gasteiger partial charge in [-0.15, -0.1) is 12.4 Å². The Kier molecular flexibility index (Phi) is 5.33. The molecular formula is C15H20ClN3O2. The molecule has 0 aliphatic carbocycles. The van der Waals surface area contributed by atoms with Crippen molar-refractivity contribution in [2.45, 2.75) is 31.9 Å². The Balaban J connectivity index is 0.00000161. The van der Waals surface area contributed by atoms with Gasteiger partial charge in [0.2, 0.25) is 0 Å². The summed E-state index contributed by atoms with van der Waals surface area (Å²) in [5.41, 5.74) is 2.43. The fourth-order valence-electron chi connectivity index (χ4n) is 2.43. The third-order valence-corrected chi connectivity index (χ3v) is 3.68. The number of hydrogen-bond donors (Lipinski definition) is 1. The van der Waals surface area contributed by atoms with Gasteiger partial charge in [-0.25, -0.2) is 0 Å². The molecule has 3 rings (SSSR count). The number of hydrogen-bond acceptors (Lipinski definition) is 5. The maximum Gasteiger partial charge on any atom is 0.260 e. The van der Waals surface area contributed by atoms with Gasteiger partial charge < -0.3 is 14.6 Å². The molecule has 0 saturated heterocycles. The first-order valence-electron chi connectivity index (χ1n) is 6.97. The highest BCUT2D eigenvalue weighted by Crippen LogP contribution is 2.31. The second kappa shape index (κ2) is 7.02. The third kappa shape index (κ3) is 3.43. The first kappa shape index (κ1) is 15.9. The van der Waals surface area contributed by atoms with Gasteiger partial charge in [-0.3, -0.25) is 0 Å². The second-order valence-corrected chi connectivity index (χ2v) is 5.14. The lowest BCUT2D eigenvalue weighted by molar-refractivity contribution is 0.0476. The van der Waals surface area contributed by atoms with Crippen LogP contribution in [0.1, 0.15) is 35.9 Å². The largest absolute Gasteiger partial charge is 0.363 e. The topological polar surface area (TPSA) is 60.2 Å². The van der Waals surface area contributed by atoms with E-state index in [0.29, 0.717) is 24.4 Å². The van der Waals surface area contributed by atoms with Crippen LogP contribution in [0.2, 0.25) is 0 Å². The molecule has 1 aliphatic rings. The number of benzene rings is 1. The molecule has 1 N–H and O–H groups in total. The van der Waals surface area contributed by atoms with Gasteiger partial charge in [0.1, 0.15) is 0 Å². The lowest BCUT2D eigenvalue weighted by Gasteiger charge is -2.23. The van der Waals surface area contributed by atoms with Crippen molar-refractivity contribution in [3.05, 3.63) is 47.1 Å². The van der Waals surface area contributed by atoms with E-state index in [1.165, 1.54) is 5.56 Å². The zero-order valence-electron chi connectivity index (χ0n) is 12.2. The number of nitrogens with zero attached hydrogens (tertiary/aromatic N) is 2. The molecule has 2 unspecified atom stereocenters. The fourth-order valence-corrected chi connectivity index (χ4v) is 2.43. The van der Waals surface area contributed by atoms with E-state index in [4.69, 9.17) is 9.26 Å². The Bertz CT molecular complexity index is 588. The van der Waals surface area contributed by atoms with Crippen LogP contribution in [-0.2, 0) is 17.6 Å². The van der Waals surface area contributed by atoms with Crippen molar-refractivity contribution in [3.63, 3.8) is 0 Å². The van der Waals surface area contributed by atoms with Crippen LogP contribution in [0.3, 0.4) is 0 Å². The Hall–Kier alpha value is -1.43. The smallest absolute Gasteiger partial charge is 0.260 e. The van der Waals surface area contributed by atoms with E-state index in [2.05, 4.69) is 40.6 Å². The zero-order chi connectivity index (χ0) is 13.9. The van der Waals surface area contributed by atoms with E-state index in [-0.39, 0.29) is 18.5 Å². The van der Waals surface area contributed by atoms with Crippen molar-refractivity contribution in [2.75, 3.05) is 13.7 Å². The molecule has 5 nitrogen and oxygen atoms in total. The minimum atomic E-state index is -0.230. The SMILES string of the molecule is CNC(C)Cc1noc(C2OCCc3ccccc32)n1.Cl. The number of nitrogens with one attached hydrogen (secondary N) is 1.